The smallest absolute Gasteiger partial charge is 0.253 e. The summed E-state index contributed by atoms with van der Waals surface area (Å²) in [5.74, 6) is 1.64. The van der Waals surface area contributed by atoms with E-state index < -0.39 is 0 Å². The van der Waals surface area contributed by atoms with Gasteiger partial charge in [0, 0.05) is 12.0 Å². The highest BCUT2D eigenvalue weighted by Crippen LogP contribution is 2.35. The number of hydrogen-bond acceptors (Lipinski definition) is 9. The second-order valence-electron chi connectivity index (χ2n) is 10.4. The van der Waals surface area contributed by atoms with Crippen molar-refractivity contribution < 1.29 is 19.1 Å². The summed E-state index contributed by atoms with van der Waals surface area (Å²) >= 11 is 2.91. The number of nitrogens with zero attached hydrogens (tertiary/aromatic N) is 5. The fourth-order valence-corrected chi connectivity index (χ4v) is 6.65. The van der Waals surface area contributed by atoms with Gasteiger partial charge in [-0.05, 0) is 52.9 Å². The monoisotopic (exact) mass is 652 g/mol. The molecule has 1 atom stereocenters. The van der Waals surface area contributed by atoms with E-state index in [9.17, 15) is 9.59 Å². The highest BCUT2D eigenvalue weighted by Gasteiger charge is 2.33. The van der Waals surface area contributed by atoms with Crippen LogP contribution in [0, 0.1) is 0 Å². The van der Waals surface area contributed by atoms with Gasteiger partial charge in [-0.1, -0.05) is 66.4 Å². The quantitative estimate of drug-likeness (QED) is 0.170. The number of amides is 2. The molecule has 1 N–H and O–H groups in total. The van der Waals surface area contributed by atoms with E-state index in [2.05, 4.69) is 15.5 Å². The van der Waals surface area contributed by atoms with Gasteiger partial charge in [-0.3, -0.25) is 9.59 Å². The summed E-state index contributed by atoms with van der Waals surface area (Å²) < 4.78 is 12.5. The van der Waals surface area contributed by atoms with Crippen LogP contribution < -0.4 is 14.8 Å². The van der Waals surface area contributed by atoms with Gasteiger partial charge in [0.25, 0.3) is 11.8 Å². The van der Waals surface area contributed by atoms with E-state index >= 15 is 0 Å². The van der Waals surface area contributed by atoms with Crippen molar-refractivity contribution >= 4 is 40.6 Å². The predicted molar refractivity (Wildman–Crippen MR) is 179 cm³/mol. The fraction of sp³-hybridized carbons (Fsp3) is 0.206. The Morgan fingerprint density at radius 2 is 1.74 bits per heavy atom. The lowest BCUT2D eigenvalue weighted by Crippen LogP contribution is -2.28. The number of ether oxygens (including phenoxy) is 2. The predicted octanol–water partition coefficient (Wildman–Crippen LogP) is 5.81. The van der Waals surface area contributed by atoms with Crippen LogP contribution in [0.2, 0.25) is 0 Å². The maximum atomic E-state index is 13.8. The lowest BCUT2D eigenvalue weighted by Gasteiger charge is -2.22. The number of methoxy groups -OCH3 is 2. The van der Waals surface area contributed by atoms with Crippen LogP contribution in [0.4, 0.5) is 0 Å². The number of rotatable bonds is 12. The van der Waals surface area contributed by atoms with Gasteiger partial charge in [0.05, 0.1) is 49.7 Å². The van der Waals surface area contributed by atoms with Crippen molar-refractivity contribution in [1.82, 2.24) is 25.1 Å². The minimum absolute atomic E-state index is 0.108. The third-order valence-corrected chi connectivity index (χ3v) is 9.38. The molecule has 1 aliphatic rings. The molecule has 6 rings (SSSR count). The van der Waals surface area contributed by atoms with E-state index in [0.717, 1.165) is 27.5 Å². The van der Waals surface area contributed by atoms with E-state index in [4.69, 9.17) is 14.6 Å². The molecule has 2 aromatic heterocycles. The zero-order valence-corrected chi connectivity index (χ0v) is 27.0. The number of carbonyl (C=O) groups is 2. The average molecular weight is 653 g/mol. The van der Waals surface area contributed by atoms with Crippen LogP contribution in [0.3, 0.4) is 0 Å². The van der Waals surface area contributed by atoms with E-state index in [1.807, 2.05) is 76.7 Å². The Kier molecular flexibility index (Phi) is 9.75. The maximum Gasteiger partial charge on any atom is 0.253 e. The number of hydrogen-bond donors (Lipinski definition) is 1. The molecule has 3 heterocycles. The highest BCUT2D eigenvalue weighted by atomic mass is 32.2. The molecule has 0 fully saturated rings. The van der Waals surface area contributed by atoms with Crippen LogP contribution >= 0.6 is 23.1 Å². The second-order valence-corrected chi connectivity index (χ2v) is 12.3. The average Bonchev–Trinajstić information content (AvgIpc) is 3.88. The molecular formula is C34H32N6O4S2. The molecule has 0 saturated carbocycles. The third-order valence-electron chi connectivity index (χ3n) is 7.51. The van der Waals surface area contributed by atoms with Gasteiger partial charge in [-0.15, -0.1) is 21.5 Å². The lowest BCUT2D eigenvalue weighted by molar-refractivity contribution is -0.130. The van der Waals surface area contributed by atoms with Crippen molar-refractivity contribution in [1.29, 1.82) is 0 Å². The summed E-state index contributed by atoms with van der Waals surface area (Å²) in [5, 5.41) is 20.7. The number of aromatic nitrogens is 3. The van der Waals surface area contributed by atoms with Crippen LogP contribution in [-0.4, -0.2) is 57.3 Å². The summed E-state index contributed by atoms with van der Waals surface area (Å²) in [5.41, 5.74) is 3.39. The Balaban J connectivity index is 1.20. The van der Waals surface area contributed by atoms with Gasteiger partial charge in [-0.2, -0.15) is 5.10 Å². The molecule has 0 bridgehead atoms. The molecule has 0 radical (unpaired) electrons. The zero-order chi connectivity index (χ0) is 31.9. The van der Waals surface area contributed by atoms with Crippen LogP contribution in [0.1, 0.15) is 44.6 Å². The van der Waals surface area contributed by atoms with Gasteiger partial charge >= 0.3 is 0 Å². The zero-order valence-electron chi connectivity index (χ0n) is 25.3. The molecule has 46 heavy (non-hydrogen) atoms. The van der Waals surface area contributed by atoms with Crippen molar-refractivity contribution in [2.45, 2.75) is 30.7 Å². The van der Waals surface area contributed by atoms with Crippen molar-refractivity contribution in [2.75, 3.05) is 20.0 Å². The van der Waals surface area contributed by atoms with Crippen molar-refractivity contribution in [3.8, 4) is 11.5 Å². The molecule has 10 nitrogen and oxygen atoms in total. The fourth-order valence-electron chi connectivity index (χ4n) is 5.12. The number of carbonyl (C=O) groups excluding carboxylic acids is 2. The first kappa shape index (κ1) is 31.1. The molecule has 1 aliphatic heterocycles. The SMILES string of the molecule is COc1ccc(C2CC(c3cccs3)=NN2C(=O)CSc2nnc(CNC(=O)c3cccc(OC)c3)n2Cc2ccccc2)cc1. The molecule has 3 aromatic carbocycles. The van der Waals surface area contributed by atoms with Gasteiger partial charge < -0.3 is 19.4 Å². The molecule has 5 aromatic rings. The summed E-state index contributed by atoms with van der Waals surface area (Å²) in [6.07, 6.45) is 0.616. The first-order valence-electron chi connectivity index (χ1n) is 14.6. The second kappa shape index (κ2) is 14.4. The first-order chi connectivity index (χ1) is 22.5. The molecular weight excluding hydrogens is 621 g/mol. The van der Waals surface area contributed by atoms with Gasteiger partial charge in [0.2, 0.25) is 0 Å². The number of thiophene rings is 1. The van der Waals surface area contributed by atoms with Gasteiger partial charge in [0.1, 0.15) is 11.5 Å². The Morgan fingerprint density at radius 3 is 2.48 bits per heavy atom. The molecule has 0 saturated heterocycles. The van der Waals surface area contributed by atoms with Crippen LogP contribution in [0.25, 0.3) is 0 Å². The summed E-state index contributed by atoms with van der Waals surface area (Å²) in [4.78, 5) is 27.8. The highest BCUT2D eigenvalue weighted by molar-refractivity contribution is 7.99. The Bertz CT molecular complexity index is 1820. The van der Waals surface area contributed by atoms with E-state index in [1.54, 1.807) is 54.8 Å². The topological polar surface area (TPSA) is 111 Å². The van der Waals surface area contributed by atoms with Crippen molar-refractivity contribution in [3.63, 3.8) is 0 Å². The molecule has 12 heteroatoms. The molecule has 0 aliphatic carbocycles. The molecule has 1 unspecified atom stereocenters. The number of thioether (sulfide) groups is 1. The maximum absolute atomic E-state index is 13.8. The lowest BCUT2D eigenvalue weighted by atomic mass is 10.0. The molecule has 0 spiro atoms. The first-order valence-corrected chi connectivity index (χ1v) is 16.5. The van der Waals surface area contributed by atoms with E-state index in [0.29, 0.717) is 35.3 Å². The van der Waals surface area contributed by atoms with Gasteiger partial charge in [-0.25, -0.2) is 5.01 Å². The van der Waals surface area contributed by atoms with Crippen molar-refractivity contribution in [3.05, 3.63) is 124 Å². The number of benzene rings is 3. The van der Waals surface area contributed by atoms with E-state index in [1.165, 1.54) is 11.8 Å². The van der Waals surface area contributed by atoms with Gasteiger partial charge in [0.15, 0.2) is 11.0 Å². The largest absolute Gasteiger partial charge is 0.497 e. The van der Waals surface area contributed by atoms with Crippen LogP contribution in [0.15, 0.2) is 107 Å². The Labute approximate surface area is 275 Å². The van der Waals surface area contributed by atoms with E-state index in [-0.39, 0.29) is 30.2 Å². The standard InChI is InChI=1S/C34H32N6O4S2/c1-43-26-15-13-24(14-16-26)29-19-28(30-12-7-17-45-30)38-40(29)32(41)22-46-34-37-36-31(39(34)21-23-8-4-3-5-9-23)20-35-33(42)25-10-6-11-27(18-25)44-2/h3-18,29H,19-22H2,1-2H3,(H,35,42). The minimum atomic E-state index is -0.254. The molecule has 234 valence electrons. The Morgan fingerprint density at radius 1 is 0.935 bits per heavy atom. The minimum Gasteiger partial charge on any atom is -0.497 e. The summed E-state index contributed by atoms with van der Waals surface area (Å²) in [6, 6.07) is 28.4. The number of nitrogens with one attached hydrogen (secondary N) is 1. The number of hydrazone groups is 1. The van der Waals surface area contributed by atoms with Crippen LogP contribution in [-0.2, 0) is 17.9 Å². The van der Waals surface area contributed by atoms with Crippen LogP contribution in [0.5, 0.6) is 11.5 Å². The summed E-state index contributed by atoms with van der Waals surface area (Å²) in [6.45, 7) is 0.637. The molecule has 2 amide bonds. The normalized spacial score (nSPS) is 14.2. The van der Waals surface area contributed by atoms with Crippen molar-refractivity contribution in [2.24, 2.45) is 5.10 Å². The summed E-state index contributed by atoms with van der Waals surface area (Å²) in [7, 11) is 3.19. The third kappa shape index (κ3) is 7.13. The Hall–Kier alpha value is -4.94.